The van der Waals surface area contributed by atoms with Crippen LogP contribution < -0.4 is 22.7 Å². The van der Waals surface area contributed by atoms with E-state index >= 15 is 0 Å². The Kier molecular flexibility index (Phi) is 5.94. The molecule has 0 atom stereocenters. The molecule has 0 radical (unpaired) electrons. The van der Waals surface area contributed by atoms with Crippen molar-refractivity contribution in [3.05, 3.63) is 65.9 Å². The number of aryl methyl sites for hydroxylation is 1. The number of rotatable bonds is 4. The minimum atomic E-state index is -0.0293. The number of allylic oxidation sites excluding steroid dienone is 1. The van der Waals surface area contributed by atoms with Gasteiger partial charge in [-0.25, -0.2) is 4.57 Å². The molecule has 0 bridgehead atoms. The predicted molar refractivity (Wildman–Crippen MR) is 76.5 cm³/mol. The lowest BCUT2D eigenvalue weighted by Crippen LogP contribution is -3.00. The quantitative estimate of drug-likeness (QED) is 0.467. The van der Waals surface area contributed by atoms with Crippen molar-refractivity contribution in [3.63, 3.8) is 0 Å². The molecule has 20 heavy (non-hydrogen) atoms. The maximum Gasteiger partial charge on any atom is 0.276 e. The lowest BCUT2D eigenvalue weighted by Gasteiger charge is -1.99. The first-order chi connectivity index (χ1) is 9.20. The summed E-state index contributed by atoms with van der Waals surface area (Å²) in [6.45, 7) is 2.09. The summed E-state index contributed by atoms with van der Waals surface area (Å²) in [7, 11) is 0. The monoisotopic (exact) mass is 288 g/mol. The molecule has 0 aliphatic rings. The SMILES string of the molecule is CCc1ccc(C(=O)C=C[n+]2ccccc2N)cc1.[Cl-]. The molecule has 2 rings (SSSR count). The van der Waals surface area contributed by atoms with Gasteiger partial charge in [0.2, 0.25) is 0 Å². The number of nitrogens with two attached hydrogens (primary N) is 1. The van der Waals surface area contributed by atoms with Crippen molar-refractivity contribution in [1.82, 2.24) is 0 Å². The number of anilines is 1. The van der Waals surface area contributed by atoms with E-state index in [4.69, 9.17) is 5.73 Å². The number of hydrogen-bond acceptors (Lipinski definition) is 2. The van der Waals surface area contributed by atoms with E-state index in [9.17, 15) is 4.79 Å². The van der Waals surface area contributed by atoms with Crippen molar-refractivity contribution < 1.29 is 21.8 Å². The fourth-order valence-electron chi connectivity index (χ4n) is 1.75. The summed E-state index contributed by atoms with van der Waals surface area (Å²) < 4.78 is 1.71. The Morgan fingerprint density at radius 1 is 1.20 bits per heavy atom. The van der Waals surface area contributed by atoms with E-state index < -0.39 is 0 Å². The standard InChI is InChI=1S/C16H16N2O.ClH/c1-2-13-6-8-14(9-7-13)15(19)10-12-18-11-4-3-5-16(18)17;/h3-12,17H,2H2,1H3;1H. The van der Waals surface area contributed by atoms with E-state index in [1.165, 1.54) is 11.6 Å². The highest BCUT2D eigenvalue weighted by Gasteiger charge is 2.03. The minimum Gasteiger partial charge on any atom is -1.00 e. The van der Waals surface area contributed by atoms with E-state index in [1.807, 2.05) is 36.4 Å². The molecule has 0 fully saturated rings. The number of carbonyl (C=O) groups excluding carboxylic acids is 1. The van der Waals surface area contributed by atoms with Gasteiger partial charge in [0.15, 0.2) is 5.78 Å². The molecule has 0 aliphatic heterocycles. The smallest absolute Gasteiger partial charge is 0.276 e. The first kappa shape index (κ1) is 15.9. The fraction of sp³-hybridized carbons (Fsp3) is 0.125. The minimum absolute atomic E-state index is 0. The van der Waals surface area contributed by atoms with E-state index in [-0.39, 0.29) is 18.2 Å². The van der Waals surface area contributed by atoms with Crippen molar-refractivity contribution in [2.75, 3.05) is 5.73 Å². The Morgan fingerprint density at radius 2 is 1.90 bits per heavy atom. The summed E-state index contributed by atoms with van der Waals surface area (Å²) in [5.41, 5.74) is 7.69. The zero-order valence-electron chi connectivity index (χ0n) is 11.3. The van der Waals surface area contributed by atoms with Gasteiger partial charge in [0.25, 0.3) is 5.82 Å². The molecule has 0 spiro atoms. The second-order valence-corrected chi connectivity index (χ2v) is 4.26. The third kappa shape index (κ3) is 3.93. The fourth-order valence-corrected chi connectivity index (χ4v) is 1.75. The largest absolute Gasteiger partial charge is 1.00 e. The van der Waals surface area contributed by atoms with Crippen LogP contribution in [0, 0.1) is 0 Å². The summed E-state index contributed by atoms with van der Waals surface area (Å²) in [5.74, 6) is 0.561. The van der Waals surface area contributed by atoms with Gasteiger partial charge in [0.1, 0.15) is 0 Å². The van der Waals surface area contributed by atoms with Gasteiger partial charge >= 0.3 is 0 Å². The molecule has 0 aliphatic carbocycles. The zero-order valence-corrected chi connectivity index (χ0v) is 12.0. The van der Waals surface area contributed by atoms with Crippen molar-refractivity contribution in [2.45, 2.75) is 13.3 Å². The Hall–Kier alpha value is -2.13. The molecule has 1 heterocycles. The van der Waals surface area contributed by atoms with Gasteiger partial charge in [-0.3, -0.25) is 10.5 Å². The lowest BCUT2D eigenvalue weighted by molar-refractivity contribution is -0.552. The Labute approximate surface area is 125 Å². The summed E-state index contributed by atoms with van der Waals surface area (Å²) in [4.78, 5) is 12.0. The van der Waals surface area contributed by atoms with Crippen LogP contribution in [0.2, 0.25) is 0 Å². The van der Waals surface area contributed by atoms with E-state index in [2.05, 4.69) is 6.92 Å². The first-order valence-corrected chi connectivity index (χ1v) is 6.28. The Balaban J connectivity index is 0.00000200. The van der Waals surface area contributed by atoms with Crippen LogP contribution in [0.25, 0.3) is 6.20 Å². The molecule has 4 heteroatoms. The van der Waals surface area contributed by atoms with Gasteiger partial charge < -0.3 is 12.4 Å². The van der Waals surface area contributed by atoms with E-state index in [1.54, 1.807) is 23.0 Å². The normalized spacial score (nSPS) is 10.2. The average Bonchev–Trinajstić information content (AvgIpc) is 2.46. The van der Waals surface area contributed by atoms with Crippen LogP contribution >= 0.6 is 0 Å². The van der Waals surface area contributed by atoms with Crippen LogP contribution in [0.1, 0.15) is 22.8 Å². The zero-order chi connectivity index (χ0) is 13.7. The molecule has 0 unspecified atom stereocenters. The summed E-state index contributed by atoms with van der Waals surface area (Å²) in [5, 5.41) is 0. The molecule has 3 nitrogen and oxygen atoms in total. The Morgan fingerprint density at radius 3 is 2.50 bits per heavy atom. The van der Waals surface area contributed by atoms with Crippen molar-refractivity contribution in [3.8, 4) is 0 Å². The van der Waals surface area contributed by atoms with Gasteiger partial charge in [-0.15, -0.1) is 0 Å². The highest BCUT2D eigenvalue weighted by Crippen LogP contribution is 2.06. The highest BCUT2D eigenvalue weighted by molar-refractivity contribution is 6.05. The lowest BCUT2D eigenvalue weighted by atomic mass is 10.1. The third-order valence-corrected chi connectivity index (χ3v) is 2.96. The second kappa shape index (κ2) is 7.46. The van der Waals surface area contributed by atoms with Gasteiger partial charge in [0, 0.05) is 17.7 Å². The number of nitrogen functional groups attached to an aromatic ring is 1. The topological polar surface area (TPSA) is 47.0 Å². The Bertz CT molecular complexity index is 606. The van der Waals surface area contributed by atoms with Gasteiger partial charge in [-0.05, 0) is 18.1 Å². The molecular weight excluding hydrogens is 272 g/mol. The van der Waals surface area contributed by atoms with Crippen molar-refractivity contribution in [2.24, 2.45) is 0 Å². The van der Waals surface area contributed by atoms with Crippen LogP contribution in [0.3, 0.4) is 0 Å². The molecule has 1 aromatic carbocycles. The molecule has 1 aromatic heterocycles. The van der Waals surface area contributed by atoms with E-state index in [0.717, 1.165) is 6.42 Å². The van der Waals surface area contributed by atoms with Crippen LogP contribution in [0.4, 0.5) is 5.82 Å². The number of aromatic nitrogens is 1. The number of hydrogen-bond donors (Lipinski definition) is 1. The summed E-state index contributed by atoms with van der Waals surface area (Å²) in [6, 6.07) is 13.2. The van der Waals surface area contributed by atoms with E-state index in [0.29, 0.717) is 11.4 Å². The molecule has 0 saturated carbocycles. The molecule has 2 N–H and O–H groups in total. The summed E-state index contributed by atoms with van der Waals surface area (Å²) >= 11 is 0. The number of ketones is 1. The molecule has 0 saturated heterocycles. The number of carbonyl (C=O) groups is 1. The molecule has 104 valence electrons. The van der Waals surface area contributed by atoms with Crippen LogP contribution in [0.5, 0.6) is 0 Å². The first-order valence-electron chi connectivity index (χ1n) is 6.28. The number of pyridine rings is 1. The van der Waals surface area contributed by atoms with Crippen molar-refractivity contribution >= 4 is 17.8 Å². The van der Waals surface area contributed by atoms with Crippen LogP contribution in [-0.2, 0) is 6.42 Å². The summed E-state index contributed by atoms with van der Waals surface area (Å²) in [6.07, 6.45) is 5.97. The molecule has 0 amide bonds. The second-order valence-electron chi connectivity index (χ2n) is 4.26. The molecular formula is C16H17ClN2O. The maximum absolute atomic E-state index is 12.0. The molecule has 2 aromatic rings. The predicted octanol–water partition coefficient (Wildman–Crippen LogP) is -0.524. The third-order valence-electron chi connectivity index (χ3n) is 2.96. The number of halogens is 1. The highest BCUT2D eigenvalue weighted by atomic mass is 35.5. The number of benzene rings is 1. The van der Waals surface area contributed by atoms with Gasteiger partial charge in [-0.1, -0.05) is 37.3 Å². The van der Waals surface area contributed by atoms with Crippen LogP contribution in [0.15, 0.2) is 54.7 Å². The van der Waals surface area contributed by atoms with Gasteiger partial charge in [0.05, 0.1) is 12.4 Å². The maximum atomic E-state index is 12.0. The average molecular weight is 289 g/mol. The number of nitrogens with zero attached hydrogens (tertiary/aromatic N) is 1. The van der Waals surface area contributed by atoms with Crippen LogP contribution in [-0.4, -0.2) is 5.78 Å². The van der Waals surface area contributed by atoms with Gasteiger partial charge in [-0.2, -0.15) is 0 Å². The van der Waals surface area contributed by atoms with Crippen molar-refractivity contribution in [1.29, 1.82) is 0 Å².